The van der Waals surface area contributed by atoms with Crippen LogP contribution in [-0.4, -0.2) is 11.6 Å². The Morgan fingerprint density at radius 2 is 2.28 bits per heavy atom. The number of hydrogen-bond donors (Lipinski definition) is 1. The summed E-state index contributed by atoms with van der Waals surface area (Å²) in [5.74, 6) is 0.964. The standard InChI is InChI=1S/C14H13BrN2O/c15-10-3-4-14-12(8-10)13(5-7-18-14)17-11-2-1-6-16-9-11/h1-4,6,8-9,13,17H,5,7H2. The Morgan fingerprint density at radius 3 is 3.11 bits per heavy atom. The Morgan fingerprint density at radius 1 is 1.33 bits per heavy atom. The molecule has 3 nitrogen and oxygen atoms in total. The maximum atomic E-state index is 5.67. The molecule has 0 bridgehead atoms. The highest BCUT2D eigenvalue weighted by Gasteiger charge is 2.21. The van der Waals surface area contributed by atoms with Crippen LogP contribution < -0.4 is 10.1 Å². The van der Waals surface area contributed by atoms with Gasteiger partial charge in [0.15, 0.2) is 0 Å². The number of nitrogens with one attached hydrogen (secondary N) is 1. The number of pyridine rings is 1. The van der Waals surface area contributed by atoms with Gasteiger partial charge in [-0.1, -0.05) is 15.9 Å². The molecule has 2 heterocycles. The molecule has 0 amide bonds. The molecular weight excluding hydrogens is 292 g/mol. The molecule has 0 saturated heterocycles. The van der Waals surface area contributed by atoms with Crippen LogP contribution in [0.1, 0.15) is 18.0 Å². The summed E-state index contributed by atoms with van der Waals surface area (Å²) in [5.41, 5.74) is 2.23. The van der Waals surface area contributed by atoms with Crippen LogP contribution >= 0.6 is 15.9 Å². The van der Waals surface area contributed by atoms with Crippen LogP contribution in [0.5, 0.6) is 5.75 Å². The fourth-order valence-electron chi connectivity index (χ4n) is 2.16. The number of fused-ring (bicyclic) bond motifs is 1. The summed E-state index contributed by atoms with van der Waals surface area (Å²) in [4.78, 5) is 4.12. The lowest BCUT2D eigenvalue weighted by molar-refractivity contribution is 0.274. The summed E-state index contributed by atoms with van der Waals surface area (Å²) in [7, 11) is 0. The van der Waals surface area contributed by atoms with Crippen LogP contribution in [-0.2, 0) is 0 Å². The van der Waals surface area contributed by atoms with E-state index < -0.39 is 0 Å². The molecule has 0 spiro atoms. The zero-order valence-electron chi connectivity index (χ0n) is 9.77. The summed E-state index contributed by atoms with van der Waals surface area (Å²) in [6.45, 7) is 0.743. The van der Waals surface area contributed by atoms with Crippen LogP contribution in [0.2, 0.25) is 0 Å². The van der Waals surface area contributed by atoms with Crippen molar-refractivity contribution in [2.24, 2.45) is 0 Å². The number of ether oxygens (including phenoxy) is 1. The normalized spacial score (nSPS) is 17.7. The van der Waals surface area contributed by atoms with E-state index in [0.29, 0.717) is 0 Å². The van der Waals surface area contributed by atoms with Crippen molar-refractivity contribution >= 4 is 21.6 Å². The van der Waals surface area contributed by atoms with E-state index in [0.717, 1.165) is 28.9 Å². The van der Waals surface area contributed by atoms with E-state index in [9.17, 15) is 0 Å². The first-order chi connectivity index (χ1) is 8.83. The van der Waals surface area contributed by atoms with Gasteiger partial charge in [-0.3, -0.25) is 4.98 Å². The van der Waals surface area contributed by atoms with E-state index in [1.54, 1.807) is 6.20 Å². The molecule has 0 saturated carbocycles. The number of aromatic nitrogens is 1. The molecule has 18 heavy (non-hydrogen) atoms. The molecule has 0 radical (unpaired) electrons. The summed E-state index contributed by atoms with van der Waals surface area (Å²) < 4.78 is 6.74. The van der Waals surface area contributed by atoms with Crippen LogP contribution in [0.15, 0.2) is 47.2 Å². The highest BCUT2D eigenvalue weighted by atomic mass is 79.9. The molecular formula is C14H13BrN2O. The van der Waals surface area contributed by atoms with E-state index >= 15 is 0 Å². The van der Waals surface area contributed by atoms with E-state index in [4.69, 9.17) is 4.74 Å². The topological polar surface area (TPSA) is 34.2 Å². The third kappa shape index (κ3) is 2.34. The van der Waals surface area contributed by atoms with Crippen LogP contribution in [0.25, 0.3) is 0 Å². The molecule has 4 heteroatoms. The molecule has 2 aromatic rings. The molecule has 1 aliphatic heterocycles. The van der Waals surface area contributed by atoms with Gasteiger partial charge in [-0.05, 0) is 30.3 Å². The molecule has 0 aliphatic carbocycles. The third-order valence-electron chi connectivity index (χ3n) is 3.01. The van der Waals surface area contributed by atoms with Crippen LogP contribution in [0, 0.1) is 0 Å². The van der Waals surface area contributed by atoms with Crippen LogP contribution in [0.4, 0.5) is 5.69 Å². The number of anilines is 1. The highest BCUT2D eigenvalue weighted by Crippen LogP contribution is 2.35. The monoisotopic (exact) mass is 304 g/mol. The second kappa shape index (κ2) is 4.98. The second-order valence-electron chi connectivity index (χ2n) is 4.26. The van der Waals surface area contributed by atoms with Gasteiger partial charge in [-0.25, -0.2) is 0 Å². The molecule has 1 atom stereocenters. The van der Waals surface area contributed by atoms with Crippen molar-refractivity contribution in [2.75, 3.05) is 11.9 Å². The second-order valence-corrected chi connectivity index (χ2v) is 5.17. The first-order valence-corrected chi connectivity index (χ1v) is 6.71. The number of hydrogen-bond acceptors (Lipinski definition) is 3. The first kappa shape index (κ1) is 11.5. The Balaban J connectivity index is 1.89. The van der Waals surface area contributed by atoms with Gasteiger partial charge < -0.3 is 10.1 Å². The molecule has 0 fully saturated rings. The van der Waals surface area contributed by atoms with Gasteiger partial charge in [-0.15, -0.1) is 0 Å². The molecule has 1 N–H and O–H groups in total. The summed E-state index contributed by atoms with van der Waals surface area (Å²) >= 11 is 3.51. The van der Waals surface area contributed by atoms with Gasteiger partial charge in [0.25, 0.3) is 0 Å². The van der Waals surface area contributed by atoms with E-state index in [1.165, 1.54) is 5.56 Å². The van der Waals surface area contributed by atoms with Crippen molar-refractivity contribution in [1.29, 1.82) is 0 Å². The lowest BCUT2D eigenvalue weighted by Gasteiger charge is -2.27. The van der Waals surface area contributed by atoms with Gasteiger partial charge in [0.05, 0.1) is 18.3 Å². The number of nitrogens with zero attached hydrogens (tertiary/aromatic N) is 1. The maximum absolute atomic E-state index is 5.67. The largest absolute Gasteiger partial charge is 0.493 e. The molecule has 1 aliphatic rings. The summed E-state index contributed by atoms with van der Waals surface area (Å²) in [6, 6.07) is 10.4. The average molecular weight is 305 g/mol. The fourth-order valence-corrected chi connectivity index (χ4v) is 2.54. The number of rotatable bonds is 2. The number of halogens is 1. The minimum absolute atomic E-state index is 0.274. The van der Waals surface area contributed by atoms with Crippen LogP contribution in [0.3, 0.4) is 0 Å². The molecule has 1 aromatic carbocycles. The van der Waals surface area contributed by atoms with Crippen molar-refractivity contribution in [3.05, 3.63) is 52.8 Å². The van der Waals surface area contributed by atoms with Crippen molar-refractivity contribution in [1.82, 2.24) is 4.98 Å². The zero-order chi connectivity index (χ0) is 12.4. The predicted octanol–water partition coefficient (Wildman–Crippen LogP) is 3.78. The van der Waals surface area contributed by atoms with Gasteiger partial charge in [0, 0.05) is 28.9 Å². The van der Waals surface area contributed by atoms with E-state index in [2.05, 4.69) is 32.3 Å². The predicted molar refractivity (Wildman–Crippen MR) is 74.9 cm³/mol. The SMILES string of the molecule is Brc1ccc2c(c1)C(Nc1cccnc1)CCO2. The van der Waals surface area contributed by atoms with Crippen molar-refractivity contribution in [3.8, 4) is 5.75 Å². The maximum Gasteiger partial charge on any atom is 0.124 e. The number of benzene rings is 1. The van der Waals surface area contributed by atoms with Gasteiger partial charge in [-0.2, -0.15) is 0 Å². The Hall–Kier alpha value is -1.55. The van der Waals surface area contributed by atoms with Gasteiger partial charge >= 0.3 is 0 Å². The Bertz CT molecular complexity index is 545. The minimum Gasteiger partial charge on any atom is -0.493 e. The third-order valence-corrected chi connectivity index (χ3v) is 3.51. The van der Waals surface area contributed by atoms with Crippen molar-refractivity contribution < 1.29 is 4.74 Å². The molecule has 92 valence electrons. The Kier molecular flexibility index (Phi) is 3.19. The van der Waals surface area contributed by atoms with Crippen molar-refractivity contribution in [2.45, 2.75) is 12.5 Å². The fraction of sp³-hybridized carbons (Fsp3) is 0.214. The average Bonchev–Trinajstić information content (AvgIpc) is 2.41. The molecule has 1 unspecified atom stereocenters. The van der Waals surface area contributed by atoms with Gasteiger partial charge in [0.1, 0.15) is 5.75 Å². The smallest absolute Gasteiger partial charge is 0.124 e. The molecule has 1 aromatic heterocycles. The zero-order valence-corrected chi connectivity index (χ0v) is 11.4. The quantitative estimate of drug-likeness (QED) is 0.917. The van der Waals surface area contributed by atoms with E-state index in [-0.39, 0.29) is 6.04 Å². The lowest BCUT2D eigenvalue weighted by atomic mass is 10.0. The van der Waals surface area contributed by atoms with E-state index in [1.807, 2.05) is 30.5 Å². The molecule has 3 rings (SSSR count). The highest BCUT2D eigenvalue weighted by molar-refractivity contribution is 9.10. The van der Waals surface area contributed by atoms with Crippen molar-refractivity contribution in [3.63, 3.8) is 0 Å². The Labute approximate surface area is 114 Å². The summed E-state index contributed by atoms with van der Waals surface area (Å²) in [5, 5.41) is 3.50. The first-order valence-electron chi connectivity index (χ1n) is 5.92. The minimum atomic E-state index is 0.274. The van der Waals surface area contributed by atoms with Gasteiger partial charge in [0.2, 0.25) is 0 Å². The summed E-state index contributed by atoms with van der Waals surface area (Å²) in [6.07, 6.45) is 4.57. The lowest BCUT2D eigenvalue weighted by Crippen LogP contribution is -2.20.